The van der Waals surface area contributed by atoms with E-state index in [0.29, 0.717) is 23.8 Å². The van der Waals surface area contributed by atoms with E-state index >= 15 is 0 Å². The third kappa shape index (κ3) is 4.42. The third-order valence-electron chi connectivity index (χ3n) is 4.10. The Labute approximate surface area is 126 Å². The van der Waals surface area contributed by atoms with Crippen molar-refractivity contribution in [2.45, 2.75) is 46.0 Å². The van der Waals surface area contributed by atoms with E-state index in [9.17, 15) is 0 Å². The van der Waals surface area contributed by atoms with Crippen molar-refractivity contribution in [3.8, 4) is 0 Å². The summed E-state index contributed by atoms with van der Waals surface area (Å²) in [6.07, 6.45) is 5.95. The van der Waals surface area contributed by atoms with Crippen molar-refractivity contribution < 1.29 is 0 Å². The molecule has 0 bridgehead atoms. The van der Waals surface area contributed by atoms with E-state index in [0.717, 1.165) is 32.5 Å². The molecule has 118 valence electrons. The molecule has 1 fully saturated rings. The van der Waals surface area contributed by atoms with Crippen LogP contribution in [0.15, 0.2) is 0 Å². The van der Waals surface area contributed by atoms with Crippen molar-refractivity contribution in [3.05, 3.63) is 0 Å². The van der Waals surface area contributed by atoms with E-state index in [4.69, 9.17) is 5.84 Å². The minimum Gasteiger partial charge on any atom is -0.354 e. The number of nitrogens with zero attached hydrogens (tertiary/aromatic N) is 4. The first-order chi connectivity index (χ1) is 10.3. The van der Waals surface area contributed by atoms with Crippen molar-refractivity contribution in [2.24, 2.45) is 11.8 Å². The fourth-order valence-electron chi connectivity index (χ4n) is 2.56. The molecule has 1 saturated heterocycles. The van der Waals surface area contributed by atoms with Crippen LogP contribution in [0.2, 0.25) is 0 Å². The van der Waals surface area contributed by atoms with Crippen LogP contribution in [-0.2, 0) is 0 Å². The standard InChI is InChI=1S/C14H27N7/c1-3-11(4-2)10-16-12-17-13(20-15)19-14(18-12)21-8-6-5-7-9-21/h11H,3-10,15H2,1-2H3,(H2,16,17,18,19,20). The van der Waals surface area contributed by atoms with Gasteiger partial charge in [0.2, 0.25) is 17.8 Å². The molecule has 0 atom stereocenters. The second-order valence-corrected chi connectivity index (χ2v) is 5.54. The minimum atomic E-state index is 0.414. The van der Waals surface area contributed by atoms with E-state index in [1.54, 1.807) is 0 Å². The quantitative estimate of drug-likeness (QED) is 0.523. The number of rotatable bonds is 7. The zero-order valence-corrected chi connectivity index (χ0v) is 13.1. The molecule has 0 aromatic carbocycles. The lowest BCUT2D eigenvalue weighted by Crippen LogP contribution is -2.32. The van der Waals surface area contributed by atoms with Gasteiger partial charge in [0.25, 0.3) is 0 Å². The van der Waals surface area contributed by atoms with Crippen molar-refractivity contribution in [2.75, 3.05) is 35.3 Å². The number of anilines is 3. The maximum Gasteiger partial charge on any atom is 0.243 e. The highest BCUT2D eigenvalue weighted by Crippen LogP contribution is 2.18. The number of hydrogen-bond acceptors (Lipinski definition) is 7. The second-order valence-electron chi connectivity index (χ2n) is 5.54. The van der Waals surface area contributed by atoms with Crippen LogP contribution in [0.3, 0.4) is 0 Å². The highest BCUT2D eigenvalue weighted by atomic mass is 15.4. The molecule has 7 heteroatoms. The molecule has 2 heterocycles. The maximum atomic E-state index is 5.48. The molecule has 0 saturated carbocycles. The summed E-state index contributed by atoms with van der Waals surface area (Å²) >= 11 is 0. The molecule has 21 heavy (non-hydrogen) atoms. The van der Waals surface area contributed by atoms with Gasteiger partial charge in [0.15, 0.2) is 0 Å². The average Bonchev–Trinajstić information content (AvgIpc) is 2.56. The van der Waals surface area contributed by atoms with Crippen molar-refractivity contribution in [3.63, 3.8) is 0 Å². The van der Waals surface area contributed by atoms with Crippen LogP contribution in [0, 0.1) is 5.92 Å². The van der Waals surface area contributed by atoms with Gasteiger partial charge in [-0.25, -0.2) is 5.84 Å². The van der Waals surface area contributed by atoms with Crippen molar-refractivity contribution in [1.82, 2.24) is 15.0 Å². The summed E-state index contributed by atoms with van der Waals surface area (Å²) in [6, 6.07) is 0. The smallest absolute Gasteiger partial charge is 0.243 e. The van der Waals surface area contributed by atoms with Gasteiger partial charge in [0.1, 0.15) is 0 Å². The van der Waals surface area contributed by atoms with Crippen LogP contribution in [0.1, 0.15) is 46.0 Å². The van der Waals surface area contributed by atoms with Crippen LogP contribution in [0.5, 0.6) is 0 Å². The molecule has 1 aliphatic rings. The highest BCUT2D eigenvalue weighted by Gasteiger charge is 2.16. The average molecular weight is 293 g/mol. The molecule has 1 aromatic rings. The molecule has 2 rings (SSSR count). The summed E-state index contributed by atoms with van der Waals surface area (Å²) in [5, 5.41) is 3.32. The van der Waals surface area contributed by atoms with Crippen LogP contribution in [0.25, 0.3) is 0 Å². The summed E-state index contributed by atoms with van der Waals surface area (Å²) in [6.45, 7) is 7.28. The van der Waals surface area contributed by atoms with E-state index < -0.39 is 0 Å². The van der Waals surface area contributed by atoms with E-state index in [1.807, 2.05) is 0 Å². The number of hydrazine groups is 1. The molecule has 7 nitrogen and oxygen atoms in total. The molecule has 0 aliphatic carbocycles. The van der Waals surface area contributed by atoms with Gasteiger partial charge in [0, 0.05) is 19.6 Å². The Morgan fingerprint density at radius 1 is 1.05 bits per heavy atom. The zero-order valence-electron chi connectivity index (χ0n) is 13.1. The molecule has 1 aromatic heterocycles. The summed E-state index contributed by atoms with van der Waals surface area (Å²) in [7, 11) is 0. The van der Waals surface area contributed by atoms with Crippen LogP contribution < -0.4 is 21.5 Å². The van der Waals surface area contributed by atoms with Crippen LogP contribution in [-0.4, -0.2) is 34.6 Å². The molecule has 4 N–H and O–H groups in total. The summed E-state index contributed by atoms with van der Waals surface area (Å²) in [5.74, 6) is 7.84. The summed E-state index contributed by atoms with van der Waals surface area (Å²) in [5.41, 5.74) is 2.53. The Bertz CT molecular complexity index is 427. The molecule has 1 aliphatic heterocycles. The Morgan fingerprint density at radius 2 is 1.71 bits per heavy atom. The number of nitrogens with one attached hydrogen (secondary N) is 2. The fourth-order valence-corrected chi connectivity index (χ4v) is 2.56. The first-order valence-electron chi connectivity index (χ1n) is 7.98. The molecular formula is C14H27N7. The van der Waals surface area contributed by atoms with E-state index in [-0.39, 0.29) is 0 Å². The van der Waals surface area contributed by atoms with Crippen LogP contribution in [0.4, 0.5) is 17.8 Å². The summed E-state index contributed by atoms with van der Waals surface area (Å²) < 4.78 is 0. The number of nitrogens with two attached hydrogens (primary N) is 1. The van der Waals surface area contributed by atoms with Crippen molar-refractivity contribution in [1.29, 1.82) is 0 Å². The third-order valence-corrected chi connectivity index (χ3v) is 4.10. The molecule has 0 unspecified atom stereocenters. The topological polar surface area (TPSA) is 92.0 Å². The maximum absolute atomic E-state index is 5.48. The van der Waals surface area contributed by atoms with Gasteiger partial charge in [-0.1, -0.05) is 26.7 Å². The molecule has 0 radical (unpaired) electrons. The van der Waals surface area contributed by atoms with Gasteiger partial charge in [-0.2, -0.15) is 15.0 Å². The van der Waals surface area contributed by atoms with Gasteiger partial charge in [-0.05, 0) is 25.2 Å². The second kappa shape index (κ2) is 7.97. The largest absolute Gasteiger partial charge is 0.354 e. The number of piperidine rings is 1. The van der Waals surface area contributed by atoms with Gasteiger partial charge in [-0.15, -0.1) is 0 Å². The Morgan fingerprint density at radius 3 is 2.33 bits per heavy atom. The lowest BCUT2D eigenvalue weighted by Gasteiger charge is -2.27. The van der Waals surface area contributed by atoms with Gasteiger partial charge < -0.3 is 10.2 Å². The molecule has 0 spiro atoms. The predicted molar refractivity (Wildman–Crippen MR) is 86.3 cm³/mol. The Balaban J connectivity index is 2.09. The van der Waals surface area contributed by atoms with Crippen LogP contribution >= 0.6 is 0 Å². The zero-order chi connectivity index (χ0) is 15.1. The first-order valence-corrected chi connectivity index (χ1v) is 7.98. The van der Waals surface area contributed by atoms with Gasteiger partial charge in [-0.3, -0.25) is 5.43 Å². The van der Waals surface area contributed by atoms with E-state index in [1.165, 1.54) is 19.3 Å². The first kappa shape index (κ1) is 15.8. The van der Waals surface area contributed by atoms with E-state index in [2.05, 4.69) is 44.4 Å². The predicted octanol–water partition coefficient (Wildman–Crippen LogP) is 2.00. The lowest BCUT2D eigenvalue weighted by molar-refractivity contribution is 0.517. The fraction of sp³-hybridized carbons (Fsp3) is 0.786. The number of nitrogen functional groups attached to an aromatic ring is 1. The van der Waals surface area contributed by atoms with Crippen molar-refractivity contribution >= 4 is 17.8 Å². The minimum absolute atomic E-state index is 0.414. The van der Waals surface area contributed by atoms with Gasteiger partial charge in [0.05, 0.1) is 0 Å². The highest BCUT2D eigenvalue weighted by molar-refractivity contribution is 5.43. The lowest BCUT2D eigenvalue weighted by atomic mass is 10.0. The Kier molecular flexibility index (Phi) is 5.98. The monoisotopic (exact) mass is 293 g/mol. The number of aromatic nitrogens is 3. The SMILES string of the molecule is CCC(CC)CNc1nc(NN)nc(N2CCCCC2)n1. The Hall–Kier alpha value is -1.63. The normalized spacial score (nSPS) is 15.3. The summed E-state index contributed by atoms with van der Waals surface area (Å²) in [4.78, 5) is 15.4. The van der Waals surface area contributed by atoms with Gasteiger partial charge >= 0.3 is 0 Å². The molecular weight excluding hydrogens is 266 g/mol. The molecule has 0 amide bonds. The number of hydrogen-bond donors (Lipinski definition) is 3.